The normalized spacial score (nSPS) is 15.5. The number of ether oxygens (including phenoxy) is 1. The van der Waals surface area contributed by atoms with Crippen molar-refractivity contribution in [3.05, 3.63) is 40.7 Å². The number of amides is 4. The quantitative estimate of drug-likeness (QED) is 0.319. The first-order chi connectivity index (χ1) is 17.4. The van der Waals surface area contributed by atoms with E-state index in [0.29, 0.717) is 6.54 Å². The number of urea groups is 1. The lowest BCUT2D eigenvalue weighted by molar-refractivity contribution is 0.0945. The van der Waals surface area contributed by atoms with Crippen LogP contribution < -0.4 is 26.4 Å². The predicted octanol–water partition coefficient (Wildman–Crippen LogP) is 2.85. The molecule has 1 aliphatic carbocycles. The zero-order valence-corrected chi connectivity index (χ0v) is 20.8. The van der Waals surface area contributed by atoms with Crippen LogP contribution in [0.4, 0.5) is 14.2 Å². The van der Waals surface area contributed by atoms with Gasteiger partial charge in [-0.3, -0.25) is 14.9 Å². The minimum Gasteiger partial charge on any atom is -0.471 e. The lowest BCUT2D eigenvalue weighted by Crippen LogP contribution is -2.30. The summed E-state index contributed by atoms with van der Waals surface area (Å²) in [5.74, 6) is -2.12. The van der Waals surface area contributed by atoms with Crippen molar-refractivity contribution < 1.29 is 23.5 Å². The molecule has 194 valence electrons. The SMILES string of the molecule is NC(=O)c1c(OCc2cccc(C(=O)NC3CC3)c2F)nsc1NC(=O)NCCCCN1CCCC1. The van der Waals surface area contributed by atoms with Crippen molar-refractivity contribution in [2.75, 3.05) is 31.5 Å². The molecule has 4 rings (SSSR count). The maximum absolute atomic E-state index is 14.9. The van der Waals surface area contributed by atoms with E-state index >= 15 is 0 Å². The molecule has 0 bridgehead atoms. The third-order valence-electron chi connectivity index (χ3n) is 6.12. The molecule has 4 amide bonds. The molecule has 2 aliphatic rings. The summed E-state index contributed by atoms with van der Waals surface area (Å²) in [5, 5.41) is 8.25. The van der Waals surface area contributed by atoms with Crippen molar-refractivity contribution in [3.63, 3.8) is 0 Å². The van der Waals surface area contributed by atoms with Gasteiger partial charge in [-0.1, -0.05) is 12.1 Å². The van der Waals surface area contributed by atoms with Crippen molar-refractivity contribution in [2.45, 2.75) is 51.2 Å². The van der Waals surface area contributed by atoms with Gasteiger partial charge in [0.05, 0.1) is 5.56 Å². The number of nitrogens with zero attached hydrogens (tertiary/aromatic N) is 2. The van der Waals surface area contributed by atoms with E-state index in [1.807, 2.05) is 0 Å². The summed E-state index contributed by atoms with van der Waals surface area (Å²) >= 11 is 0.842. The van der Waals surface area contributed by atoms with Crippen LogP contribution in [0.5, 0.6) is 5.88 Å². The van der Waals surface area contributed by atoms with E-state index in [1.54, 1.807) is 6.07 Å². The molecule has 5 N–H and O–H groups in total. The van der Waals surface area contributed by atoms with Crippen LogP contribution in [0.1, 0.15) is 64.8 Å². The summed E-state index contributed by atoms with van der Waals surface area (Å²) in [6.07, 6.45) is 6.12. The minimum absolute atomic E-state index is 0.0733. The van der Waals surface area contributed by atoms with Crippen LogP contribution >= 0.6 is 11.5 Å². The number of anilines is 1. The maximum Gasteiger partial charge on any atom is 0.319 e. The average Bonchev–Trinajstić information content (AvgIpc) is 3.33. The highest BCUT2D eigenvalue weighted by Gasteiger charge is 2.26. The summed E-state index contributed by atoms with van der Waals surface area (Å²) in [7, 11) is 0. The fourth-order valence-corrected chi connectivity index (χ4v) is 4.73. The molecule has 0 unspecified atom stereocenters. The van der Waals surface area contributed by atoms with Gasteiger partial charge in [0.25, 0.3) is 11.8 Å². The van der Waals surface area contributed by atoms with Gasteiger partial charge in [-0.25, -0.2) is 9.18 Å². The number of hydrogen-bond donors (Lipinski definition) is 4. The molecule has 1 aromatic heterocycles. The van der Waals surface area contributed by atoms with Gasteiger partial charge in [-0.05, 0) is 75.8 Å². The first-order valence-corrected chi connectivity index (χ1v) is 13.0. The second-order valence-electron chi connectivity index (χ2n) is 9.01. The van der Waals surface area contributed by atoms with E-state index in [1.165, 1.54) is 25.0 Å². The molecule has 12 heteroatoms. The number of carbonyl (C=O) groups excluding carboxylic acids is 3. The van der Waals surface area contributed by atoms with Gasteiger partial charge in [0, 0.05) is 18.2 Å². The monoisotopic (exact) mass is 518 g/mol. The molecule has 0 radical (unpaired) electrons. The maximum atomic E-state index is 14.9. The summed E-state index contributed by atoms with van der Waals surface area (Å²) in [6.45, 7) is 3.54. The minimum atomic E-state index is -0.835. The zero-order chi connectivity index (χ0) is 25.5. The number of nitrogens with one attached hydrogen (secondary N) is 3. The molecule has 2 fully saturated rings. The Kier molecular flexibility index (Phi) is 8.70. The number of hydrogen-bond acceptors (Lipinski definition) is 7. The largest absolute Gasteiger partial charge is 0.471 e. The van der Waals surface area contributed by atoms with Gasteiger partial charge in [0.2, 0.25) is 5.88 Å². The van der Waals surface area contributed by atoms with Gasteiger partial charge in [0.1, 0.15) is 23.0 Å². The average molecular weight is 519 g/mol. The molecular weight excluding hydrogens is 487 g/mol. The van der Waals surface area contributed by atoms with E-state index in [-0.39, 0.29) is 40.2 Å². The van der Waals surface area contributed by atoms with Gasteiger partial charge in [0.15, 0.2) is 0 Å². The molecule has 2 aromatic rings. The van der Waals surface area contributed by atoms with Crippen molar-refractivity contribution in [1.29, 1.82) is 0 Å². The highest BCUT2D eigenvalue weighted by Crippen LogP contribution is 2.31. The Morgan fingerprint density at radius 2 is 1.97 bits per heavy atom. The second-order valence-corrected chi connectivity index (χ2v) is 9.78. The van der Waals surface area contributed by atoms with E-state index in [0.717, 1.165) is 56.9 Å². The number of unbranched alkanes of at least 4 members (excludes halogenated alkanes) is 1. The molecule has 36 heavy (non-hydrogen) atoms. The number of likely N-dealkylation sites (tertiary alicyclic amines) is 1. The van der Waals surface area contributed by atoms with E-state index in [2.05, 4.69) is 25.2 Å². The highest BCUT2D eigenvalue weighted by atomic mass is 32.1. The Morgan fingerprint density at radius 1 is 1.19 bits per heavy atom. The van der Waals surface area contributed by atoms with Crippen molar-refractivity contribution in [2.24, 2.45) is 5.73 Å². The molecule has 1 aliphatic heterocycles. The molecule has 0 atom stereocenters. The van der Waals surface area contributed by atoms with Crippen LogP contribution in [0.3, 0.4) is 0 Å². The second kappa shape index (κ2) is 12.1. The molecule has 1 saturated carbocycles. The van der Waals surface area contributed by atoms with Crippen molar-refractivity contribution in [1.82, 2.24) is 19.9 Å². The number of carbonyl (C=O) groups is 3. The van der Waals surface area contributed by atoms with Crippen LogP contribution in [-0.2, 0) is 6.61 Å². The Hall–Kier alpha value is -3.25. The molecule has 1 saturated heterocycles. The third kappa shape index (κ3) is 6.91. The Labute approximate surface area is 212 Å². The Bertz CT molecular complexity index is 1100. The standard InChI is InChI=1S/C24H31FN6O4S/c25-19-15(6-5-7-17(19)21(33)28-16-8-9-16)14-35-22-18(20(26)32)23(36-30-22)29-24(34)27-10-1-2-11-31-12-3-4-13-31/h5-7,16H,1-4,8-14H2,(H2,26,32)(H,28,33)(H2,27,29,34). The van der Waals surface area contributed by atoms with E-state index < -0.39 is 23.7 Å². The molecular formula is C24H31FN6O4S. The van der Waals surface area contributed by atoms with E-state index in [4.69, 9.17) is 10.5 Å². The first kappa shape index (κ1) is 25.8. The number of aromatic nitrogens is 1. The summed E-state index contributed by atoms with van der Waals surface area (Å²) in [4.78, 5) is 39.0. The fourth-order valence-electron chi connectivity index (χ4n) is 4.00. The van der Waals surface area contributed by atoms with Gasteiger partial charge in [-0.2, -0.15) is 4.37 Å². The van der Waals surface area contributed by atoms with Crippen LogP contribution in [0.15, 0.2) is 18.2 Å². The summed E-state index contributed by atoms with van der Waals surface area (Å²) in [6, 6.07) is 4.07. The molecule has 1 aromatic carbocycles. The lowest BCUT2D eigenvalue weighted by atomic mass is 10.1. The van der Waals surface area contributed by atoms with Crippen LogP contribution in [-0.4, -0.2) is 59.3 Å². The van der Waals surface area contributed by atoms with Crippen LogP contribution in [0, 0.1) is 5.82 Å². The Balaban J connectivity index is 1.30. The van der Waals surface area contributed by atoms with Gasteiger partial charge >= 0.3 is 6.03 Å². The third-order valence-corrected chi connectivity index (χ3v) is 6.87. The highest BCUT2D eigenvalue weighted by molar-refractivity contribution is 7.11. The number of halogens is 1. The number of benzene rings is 1. The molecule has 10 nitrogen and oxygen atoms in total. The lowest BCUT2D eigenvalue weighted by Gasteiger charge is -2.14. The van der Waals surface area contributed by atoms with Gasteiger partial charge in [-0.15, -0.1) is 0 Å². The molecule has 2 heterocycles. The molecule has 0 spiro atoms. The van der Waals surface area contributed by atoms with Crippen molar-refractivity contribution >= 4 is 34.4 Å². The van der Waals surface area contributed by atoms with Crippen molar-refractivity contribution in [3.8, 4) is 5.88 Å². The predicted molar refractivity (Wildman–Crippen MR) is 134 cm³/mol. The number of rotatable bonds is 12. The van der Waals surface area contributed by atoms with Crippen LogP contribution in [0.2, 0.25) is 0 Å². The summed E-state index contributed by atoms with van der Waals surface area (Å²) in [5.41, 5.74) is 5.46. The zero-order valence-electron chi connectivity index (χ0n) is 20.0. The van der Waals surface area contributed by atoms with Gasteiger partial charge < -0.3 is 26.0 Å². The number of nitrogens with two attached hydrogens (primary N) is 1. The Morgan fingerprint density at radius 3 is 2.69 bits per heavy atom. The number of primary amides is 1. The fraction of sp³-hybridized carbons (Fsp3) is 0.500. The smallest absolute Gasteiger partial charge is 0.319 e. The summed E-state index contributed by atoms with van der Waals surface area (Å²) < 4.78 is 24.5. The van der Waals surface area contributed by atoms with E-state index in [9.17, 15) is 18.8 Å². The first-order valence-electron chi connectivity index (χ1n) is 12.2. The van der Waals surface area contributed by atoms with Crippen LogP contribution in [0.25, 0.3) is 0 Å². The topological polar surface area (TPSA) is 139 Å².